The second kappa shape index (κ2) is 6.89. The van der Waals surface area contributed by atoms with E-state index in [1.165, 1.54) is 0 Å². The lowest BCUT2D eigenvalue weighted by Crippen LogP contribution is -2.37. The van der Waals surface area contributed by atoms with Gasteiger partial charge in [-0.15, -0.1) is 0 Å². The van der Waals surface area contributed by atoms with Crippen LogP contribution in [0.3, 0.4) is 0 Å². The first kappa shape index (κ1) is 14.3. The average Bonchev–Trinajstić information content (AvgIpc) is 2.94. The predicted molar refractivity (Wildman–Crippen MR) is 76.4 cm³/mol. The van der Waals surface area contributed by atoms with Crippen molar-refractivity contribution in [2.24, 2.45) is 5.73 Å². The molecule has 1 fully saturated rings. The Morgan fingerprint density at radius 2 is 2.16 bits per heavy atom. The van der Waals surface area contributed by atoms with E-state index in [0.717, 1.165) is 37.5 Å². The number of likely N-dealkylation sites (N-methyl/N-ethyl adjacent to an activating group) is 1. The molecule has 19 heavy (non-hydrogen) atoms. The fourth-order valence-electron chi connectivity index (χ4n) is 2.41. The highest BCUT2D eigenvalue weighted by molar-refractivity contribution is 5.29. The molecule has 0 bridgehead atoms. The first-order valence-corrected chi connectivity index (χ1v) is 6.97. The van der Waals surface area contributed by atoms with Crippen molar-refractivity contribution in [3.05, 3.63) is 29.8 Å². The van der Waals surface area contributed by atoms with Gasteiger partial charge in [-0.05, 0) is 38.1 Å². The summed E-state index contributed by atoms with van der Waals surface area (Å²) in [5.41, 5.74) is 7.41. The highest BCUT2D eigenvalue weighted by Crippen LogP contribution is 2.19. The highest BCUT2D eigenvalue weighted by Gasteiger charge is 2.21. The van der Waals surface area contributed by atoms with Gasteiger partial charge in [0.1, 0.15) is 5.75 Å². The van der Waals surface area contributed by atoms with Crippen molar-refractivity contribution >= 4 is 0 Å². The number of nitrogens with two attached hydrogens (primary N) is 1. The summed E-state index contributed by atoms with van der Waals surface area (Å²) < 4.78 is 10.8. The summed E-state index contributed by atoms with van der Waals surface area (Å²) >= 11 is 0. The Balaban J connectivity index is 1.89. The Hall–Kier alpha value is -1.10. The van der Waals surface area contributed by atoms with E-state index in [9.17, 15) is 0 Å². The van der Waals surface area contributed by atoms with Crippen LogP contribution in [-0.4, -0.2) is 44.4 Å². The molecule has 2 unspecified atom stereocenters. The number of hydrogen-bond acceptors (Lipinski definition) is 4. The van der Waals surface area contributed by atoms with Gasteiger partial charge in [0, 0.05) is 25.2 Å². The van der Waals surface area contributed by atoms with Crippen molar-refractivity contribution < 1.29 is 9.47 Å². The van der Waals surface area contributed by atoms with E-state index in [4.69, 9.17) is 15.2 Å². The third-order valence-electron chi connectivity index (χ3n) is 3.63. The fraction of sp³-hybridized carbons (Fsp3) is 0.600. The first-order chi connectivity index (χ1) is 9.20. The first-order valence-electron chi connectivity index (χ1n) is 6.97. The maximum Gasteiger partial charge on any atom is 0.119 e. The van der Waals surface area contributed by atoms with E-state index in [1.807, 2.05) is 19.1 Å². The minimum atomic E-state index is 0.0290. The highest BCUT2D eigenvalue weighted by atomic mass is 16.5. The molecule has 0 amide bonds. The molecule has 1 heterocycles. The van der Waals surface area contributed by atoms with Gasteiger partial charge in [0.2, 0.25) is 0 Å². The minimum absolute atomic E-state index is 0.0290. The molecule has 0 aromatic heterocycles. The molecule has 106 valence electrons. The van der Waals surface area contributed by atoms with Gasteiger partial charge in [-0.3, -0.25) is 4.90 Å². The van der Waals surface area contributed by atoms with Crippen molar-refractivity contribution in [1.29, 1.82) is 0 Å². The summed E-state index contributed by atoms with van der Waals surface area (Å²) in [4.78, 5) is 2.30. The largest absolute Gasteiger partial charge is 0.494 e. The van der Waals surface area contributed by atoms with E-state index >= 15 is 0 Å². The third kappa shape index (κ3) is 3.93. The zero-order valence-electron chi connectivity index (χ0n) is 11.8. The average molecular weight is 264 g/mol. The number of hydrogen-bond donors (Lipinski definition) is 1. The van der Waals surface area contributed by atoms with Gasteiger partial charge in [0.15, 0.2) is 0 Å². The van der Waals surface area contributed by atoms with Crippen LogP contribution in [0.5, 0.6) is 5.75 Å². The molecule has 4 nitrogen and oxygen atoms in total. The minimum Gasteiger partial charge on any atom is -0.494 e. The third-order valence-corrected chi connectivity index (χ3v) is 3.63. The van der Waals surface area contributed by atoms with Crippen molar-refractivity contribution in [2.75, 3.05) is 33.4 Å². The van der Waals surface area contributed by atoms with Crippen LogP contribution in [0.4, 0.5) is 0 Å². The second-order valence-corrected chi connectivity index (χ2v) is 5.07. The van der Waals surface area contributed by atoms with Gasteiger partial charge in [-0.1, -0.05) is 12.1 Å². The lowest BCUT2D eigenvalue weighted by molar-refractivity contribution is 0.156. The van der Waals surface area contributed by atoms with Gasteiger partial charge in [0.25, 0.3) is 0 Å². The Labute approximate surface area is 115 Å². The van der Waals surface area contributed by atoms with Gasteiger partial charge >= 0.3 is 0 Å². The van der Waals surface area contributed by atoms with Crippen LogP contribution in [-0.2, 0) is 4.74 Å². The van der Waals surface area contributed by atoms with E-state index in [0.29, 0.717) is 12.6 Å². The van der Waals surface area contributed by atoms with Crippen LogP contribution < -0.4 is 10.5 Å². The number of nitrogens with zero attached hydrogens (tertiary/aromatic N) is 1. The predicted octanol–water partition coefficient (Wildman–Crippen LogP) is 1.81. The molecular formula is C15H24N2O2. The van der Waals surface area contributed by atoms with Gasteiger partial charge in [-0.25, -0.2) is 0 Å². The van der Waals surface area contributed by atoms with Crippen LogP contribution >= 0.6 is 0 Å². The molecular weight excluding hydrogens is 240 g/mol. The topological polar surface area (TPSA) is 47.7 Å². The normalized spacial score (nSPS) is 20.7. The van der Waals surface area contributed by atoms with Gasteiger partial charge in [0.05, 0.1) is 13.2 Å². The van der Waals surface area contributed by atoms with E-state index in [-0.39, 0.29) is 6.04 Å². The summed E-state index contributed by atoms with van der Waals surface area (Å²) in [6.07, 6.45) is 1.10. The molecule has 2 N–H and O–H groups in total. The molecule has 1 aliphatic rings. The second-order valence-electron chi connectivity index (χ2n) is 5.07. The van der Waals surface area contributed by atoms with Crippen molar-refractivity contribution in [2.45, 2.75) is 25.4 Å². The molecule has 2 rings (SSSR count). The van der Waals surface area contributed by atoms with Gasteiger partial charge in [-0.2, -0.15) is 0 Å². The molecule has 1 aromatic rings. The van der Waals surface area contributed by atoms with Gasteiger partial charge < -0.3 is 15.2 Å². The van der Waals surface area contributed by atoms with Crippen LogP contribution in [0, 0.1) is 0 Å². The molecule has 1 aliphatic heterocycles. The molecule has 0 aliphatic carbocycles. The lowest BCUT2D eigenvalue weighted by atomic mass is 10.1. The Morgan fingerprint density at radius 3 is 2.74 bits per heavy atom. The van der Waals surface area contributed by atoms with Crippen LogP contribution in [0.1, 0.15) is 24.9 Å². The fourth-order valence-corrected chi connectivity index (χ4v) is 2.41. The van der Waals surface area contributed by atoms with E-state index < -0.39 is 0 Å². The zero-order valence-corrected chi connectivity index (χ0v) is 11.8. The number of rotatable bonds is 6. The Bertz CT molecular complexity index is 374. The lowest BCUT2D eigenvalue weighted by Gasteiger charge is -2.26. The number of benzene rings is 1. The summed E-state index contributed by atoms with van der Waals surface area (Å²) in [6, 6.07) is 8.60. The summed E-state index contributed by atoms with van der Waals surface area (Å²) in [6.45, 7) is 5.22. The molecule has 1 saturated heterocycles. The standard InChI is InChI=1S/C15H24N2O2/c1-3-19-14-6-4-12(5-7-14)15(16)10-17(2)13-8-9-18-11-13/h4-7,13,15H,3,8-11,16H2,1-2H3. The zero-order chi connectivity index (χ0) is 13.7. The quantitative estimate of drug-likeness (QED) is 0.851. The van der Waals surface area contributed by atoms with Crippen LogP contribution in [0.25, 0.3) is 0 Å². The van der Waals surface area contributed by atoms with Crippen molar-refractivity contribution in [3.63, 3.8) is 0 Å². The van der Waals surface area contributed by atoms with E-state index in [1.54, 1.807) is 0 Å². The molecule has 0 radical (unpaired) electrons. The molecule has 1 aromatic carbocycles. The molecule has 0 saturated carbocycles. The summed E-state index contributed by atoms with van der Waals surface area (Å²) in [5, 5.41) is 0. The van der Waals surface area contributed by atoms with Crippen LogP contribution in [0.2, 0.25) is 0 Å². The summed E-state index contributed by atoms with van der Waals surface area (Å²) in [7, 11) is 2.12. The maximum absolute atomic E-state index is 6.26. The van der Waals surface area contributed by atoms with Crippen molar-refractivity contribution in [3.8, 4) is 5.75 Å². The Morgan fingerprint density at radius 1 is 1.42 bits per heavy atom. The van der Waals surface area contributed by atoms with Crippen molar-refractivity contribution in [1.82, 2.24) is 4.90 Å². The van der Waals surface area contributed by atoms with E-state index in [2.05, 4.69) is 24.1 Å². The molecule has 4 heteroatoms. The monoisotopic (exact) mass is 264 g/mol. The smallest absolute Gasteiger partial charge is 0.119 e. The van der Waals surface area contributed by atoms with Crippen LogP contribution in [0.15, 0.2) is 24.3 Å². The SMILES string of the molecule is CCOc1ccc(C(N)CN(C)C2CCOC2)cc1. The summed E-state index contributed by atoms with van der Waals surface area (Å²) in [5.74, 6) is 0.899. The number of ether oxygens (including phenoxy) is 2. The molecule has 2 atom stereocenters. The molecule has 0 spiro atoms. The maximum atomic E-state index is 6.26. The Kier molecular flexibility index (Phi) is 5.19.